The first-order chi connectivity index (χ1) is 11.7. The van der Waals surface area contributed by atoms with Crippen LogP contribution >= 0.6 is 0 Å². The summed E-state index contributed by atoms with van der Waals surface area (Å²) in [6.07, 6.45) is 2.87. The highest BCUT2D eigenvalue weighted by Gasteiger charge is 2.16. The van der Waals surface area contributed by atoms with Crippen LogP contribution in [0.2, 0.25) is 0 Å². The largest absolute Gasteiger partial charge is 0.493 e. The first-order valence-electron chi connectivity index (χ1n) is 8.10. The highest BCUT2D eigenvalue weighted by atomic mass is 16.5. The van der Waals surface area contributed by atoms with E-state index in [0.29, 0.717) is 36.8 Å². The quantitative estimate of drug-likeness (QED) is 0.755. The van der Waals surface area contributed by atoms with Crippen molar-refractivity contribution >= 4 is 6.03 Å². The van der Waals surface area contributed by atoms with Crippen LogP contribution in [0.15, 0.2) is 12.1 Å². The van der Waals surface area contributed by atoms with Crippen LogP contribution < -0.4 is 24.8 Å². The minimum atomic E-state index is -0.182. The van der Waals surface area contributed by atoms with Crippen molar-refractivity contribution < 1.29 is 23.7 Å². The molecule has 7 heteroatoms. The maximum absolute atomic E-state index is 11.8. The predicted molar refractivity (Wildman–Crippen MR) is 90.2 cm³/mol. The molecule has 1 saturated heterocycles. The van der Waals surface area contributed by atoms with Gasteiger partial charge in [0.15, 0.2) is 11.5 Å². The Kier molecular flexibility index (Phi) is 6.99. The highest BCUT2D eigenvalue weighted by molar-refractivity contribution is 5.73. The van der Waals surface area contributed by atoms with Crippen LogP contribution in [0.3, 0.4) is 0 Å². The second-order valence-electron chi connectivity index (χ2n) is 5.56. The topological polar surface area (TPSA) is 78.1 Å². The molecule has 134 valence electrons. The number of ether oxygens (including phenoxy) is 4. The Morgan fingerprint density at radius 2 is 1.88 bits per heavy atom. The van der Waals surface area contributed by atoms with Crippen LogP contribution in [-0.4, -0.2) is 53.2 Å². The highest BCUT2D eigenvalue weighted by Crippen LogP contribution is 2.38. The molecular formula is C17H26N2O5. The first kappa shape index (κ1) is 18.2. The van der Waals surface area contributed by atoms with Crippen molar-refractivity contribution in [2.24, 2.45) is 0 Å². The Balaban J connectivity index is 1.81. The van der Waals surface area contributed by atoms with E-state index >= 15 is 0 Å². The molecule has 2 amide bonds. The molecule has 0 aliphatic carbocycles. The van der Waals surface area contributed by atoms with Gasteiger partial charge in [0.2, 0.25) is 5.75 Å². The van der Waals surface area contributed by atoms with Crippen LogP contribution in [0.1, 0.15) is 18.4 Å². The second-order valence-corrected chi connectivity index (χ2v) is 5.56. The van der Waals surface area contributed by atoms with E-state index < -0.39 is 0 Å². The number of hydrogen-bond acceptors (Lipinski definition) is 5. The van der Waals surface area contributed by atoms with E-state index in [1.54, 1.807) is 21.3 Å². The summed E-state index contributed by atoms with van der Waals surface area (Å²) in [5.74, 6) is 1.77. The molecule has 1 aliphatic rings. The minimum absolute atomic E-state index is 0.144. The van der Waals surface area contributed by atoms with Gasteiger partial charge in [0, 0.05) is 19.7 Å². The lowest BCUT2D eigenvalue weighted by atomic mass is 10.1. The number of urea groups is 1. The van der Waals surface area contributed by atoms with Crippen molar-refractivity contribution in [2.45, 2.75) is 25.4 Å². The molecular weight excluding hydrogens is 312 g/mol. The lowest BCUT2D eigenvalue weighted by Gasteiger charge is -2.15. The second kappa shape index (κ2) is 9.22. The van der Waals surface area contributed by atoms with E-state index in [1.165, 1.54) is 0 Å². The fraction of sp³-hybridized carbons (Fsp3) is 0.588. The van der Waals surface area contributed by atoms with Gasteiger partial charge in [0.1, 0.15) is 0 Å². The monoisotopic (exact) mass is 338 g/mol. The SMILES string of the molecule is COc1cc(CCNC(=O)NCC2CCCO2)cc(OC)c1OC. The summed E-state index contributed by atoms with van der Waals surface area (Å²) in [4.78, 5) is 11.8. The van der Waals surface area contributed by atoms with Crippen LogP contribution in [0.25, 0.3) is 0 Å². The fourth-order valence-corrected chi connectivity index (χ4v) is 2.67. The normalized spacial score (nSPS) is 16.5. The molecule has 1 aromatic rings. The molecule has 1 atom stereocenters. The van der Waals surface area contributed by atoms with Gasteiger partial charge in [-0.05, 0) is 37.0 Å². The maximum Gasteiger partial charge on any atom is 0.314 e. The number of rotatable bonds is 8. The Labute approximate surface area is 142 Å². The molecule has 7 nitrogen and oxygen atoms in total. The van der Waals surface area contributed by atoms with Gasteiger partial charge in [-0.15, -0.1) is 0 Å². The van der Waals surface area contributed by atoms with Crippen molar-refractivity contribution in [3.05, 3.63) is 17.7 Å². The smallest absolute Gasteiger partial charge is 0.314 e. The Morgan fingerprint density at radius 1 is 1.17 bits per heavy atom. The molecule has 0 bridgehead atoms. The van der Waals surface area contributed by atoms with Gasteiger partial charge in [0.25, 0.3) is 0 Å². The molecule has 2 rings (SSSR count). The zero-order valence-corrected chi connectivity index (χ0v) is 14.5. The average molecular weight is 338 g/mol. The minimum Gasteiger partial charge on any atom is -0.493 e. The summed E-state index contributed by atoms with van der Waals surface area (Å²) in [6, 6.07) is 3.58. The Bertz CT molecular complexity index is 519. The predicted octanol–water partition coefficient (Wildman–Crippen LogP) is 1.73. The molecule has 1 fully saturated rings. The summed E-state index contributed by atoms with van der Waals surface area (Å²) in [6.45, 7) is 1.85. The van der Waals surface area contributed by atoms with Crippen molar-refractivity contribution in [3.63, 3.8) is 0 Å². The van der Waals surface area contributed by atoms with E-state index in [-0.39, 0.29) is 12.1 Å². The number of carbonyl (C=O) groups is 1. The molecule has 1 heterocycles. The zero-order chi connectivity index (χ0) is 17.4. The van der Waals surface area contributed by atoms with Crippen LogP contribution in [0.5, 0.6) is 17.2 Å². The van der Waals surface area contributed by atoms with E-state index in [9.17, 15) is 4.79 Å². The van der Waals surface area contributed by atoms with Gasteiger partial charge in [-0.2, -0.15) is 0 Å². The Morgan fingerprint density at radius 3 is 2.42 bits per heavy atom. The molecule has 1 aliphatic heterocycles. The third kappa shape index (κ3) is 4.92. The van der Waals surface area contributed by atoms with Gasteiger partial charge in [-0.3, -0.25) is 0 Å². The van der Waals surface area contributed by atoms with E-state index in [0.717, 1.165) is 25.0 Å². The van der Waals surface area contributed by atoms with Gasteiger partial charge >= 0.3 is 6.03 Å². The number of carbonyl (C=O) groups excluding carboxylic acids is 1. The lowest BCUT2D eigenvalue weighted by molar-refractivity contribution is 0.111. The third-order valence-corrected chi connectivity index (χ3v) is 3.94. The standard InChI is InChI=1S/C17H26N2O5/c1-21-14-9-12(10-15(22-2)16(14)23-3)6-7-18-17(20)19-11-13-5-4-8-24-13/h9-10,13H,4-8,11H2,1-3H3,(H2,18,19,20). The molecule has 24 heavy (non-hydrogen) atoms. The first-order valence-corrected chi connectivity index (χ1v) is 8.10. The van der Waals surface area contributed by atoms with Crippen LogP contribution in [-0.2, 0) is 11.2 Å². The number of methoxy groups -OCH3 is 3. The lowest BCUT2D eigenvalue weighted by Crippen LogP contribution is -2.40. The third-order valence-electron chi connectivity index (χ3n) is 3.94. The molecule has 0 radical (unpaired) electrons. The number of hydrogen-bond donors (Lipinski definition) is 2. The summed E-state index contributed by atoms with van der Waals surface area (Å²) >= 11 is 0. The average Bonchev–Trinajstić information content (AvgIpc) is 3.12. The van der Waals surface area contributed by atoms with Gasteiger partial charge < -0.3 is 29.6 Å². The summed E-state index contributed by atoms with van der Waals surface area (Å²) in [5, 5.41) is 5.67. The summed E-state index contributed by atoms with van der Waals surface area (Å²) in [5.41, 5.74) is 0.990. The zero-order valence-electron chi connectivity index (χ0n) is 14.5. The van der Waals surface area contributed by atoms with Gasteiger partial charge in [-0.25, -0.2) is 4.79 Å². The van der Waals surface area contributed by atoms with Crippen molar-refractivity contribution in [3.8, 4) is 17.2 Å². The van der Waals surface area contributed by atoms with E-state index in [2.05, 4.69) is 10.6 Å². The Hall–Kier alpha value is -2.15. The molecule has 1 unspecified atom stereocenters. The summed E-state index contributed by atoms with van der Waals surface area (Å²) < 4.78 is 21.4. The molecule has 0 saturated carbocycles. The number of benzene rings is 1. The maximum atomic E-state index is 11.8. The van der Waals surface area contributed by atoms with Gasteiger partial charge in [0.05, 0.1) is 27.4 Å². The molecule has 2 N–H and O–H groups in total. The van der Waals surface area contributed by atoms with Crippen molar-refractivity contribution in [2.75, 3.05) is 41.0 Å². The number of nitrogens with one attached hydrogen (secondary N) is 2. The molecule has 1 aromatic carbocycles. The van der Waals surface area contributed by atoms with Crippen LogP contribution in [0.4, 0.5) is 4.79 Å². The molecule has 0 spiro atoms. The van der Waals surface area contributed by atoms with E-state index in [4.69, 9.17) is 18.9 Å². The van der Waals surface area contributed by atoms with Crippen LogP contribution in [0, 0.1) is 0 Å². The number of amides is 2. The van der Waals surface area contributed by atoms with Crippen molar-refractivity contribution in [1.82, 2.24) is 10.6 Å². The van der Waals surface area contributed by atoms with Gasteiger partial charge in [-0.1, -0.05) is 0 Å². The van der Waals surface area contributed by atoms with E-state index in [1.807, 2.05) is 12.1 Å². The van der Waals surface area contributed by atoms with Crippen molar-refractivity contribution in [1.29, 1.82) is 0 Å². The fourth-order valence-electron chi connectivity index (χ4n) is 2.67. The molecule has 0 aromatic heterocycles. The summed E-state index contributed by atoms with van der Waals surface area (Å²) in [7, 11) is 4.73.